The smallest absolute Gasteiger partial charge is 0.145 e. The van der Waals surface area contributed by atoms with Gasteiger partial charge in [-0.25, -0.2) is 0 Å². The van der Waals surface area contributed by atoms with Gasteiger partial charge in [-0.2, -0.15) is 0 Å². The van der Waals surface area contributed by atoms with Gasteiger partial charge in [0.05, 0.1) is 0 Å². The second-order valence-corrected chi connectivity index (χ2v) is 6.03. The van der Waals surface area contributed by atoms with E-state index < -0.39 is 0 Å². The molecule has 0 aromatic heterocycles. The van der Waals surface area contributed by atoms with Crippen molar-refractivity contribution < 1.29 is 4.79 Å². The first kappa shape index (κ1) is 11.6. The van der Waals surface area contributed by atoms with Crippen LogP contribution in [-0.2, 0) is 4.79 Å². The van der Waals surface area contributed by atoms with E-state index in [9.17, 15) is 4.79 Å². The Bertz CT molecular complexity index is 333. The molecule has 0 amide bonds. The highest BCUT2D eigenvalue weighted by molar-refractivity contribution is 5.73. The molecule has 2 aliphatic carbocycles. The zero-order chi connectivity index (χ0) is 11.6. The second-order valence-electron chi connectivity index (χ2n) is 6.03. The van der Waals surface area contributed by atoms with Gasteiger partial charge in [-0.15, -0.1) is 0 Å². The van der Waals surface area contributed by atoms with E-state index in [1.165, 1.54) is 25.7 Å². The molecule has 0 spiro atoms. The summed E-state index contributed by atoms with van der Waals surface area (Å²) in [5, 5.41) is 0. The molecule has 1 unspecified atom stereocenters. The van der Waals surface area contributed by atoms with E-state index in [1.807, 2.05) is 0 Å². The van der Waals surface area contributed by atoms with Gasteiger partial charge in [0.2, 0.25) is 0 Å². The van der Waals surface area contributed by atoms with Gasteiger partial charge in [0.15, 0.2) is 0 Å². The molecule has 16 heavy (non-hydrogen) atoms. The van der Waals surface area contributed by atoms with Gasteiger partial charge in [0.25, 0.3) is 0 Å². The van der Waals surface area contributed by atoms with Crippen molar-refractivity contribution in [2.75, 3.05) is 0 Å². The topological polar surface area (TPSA) is 17.1 Å². The Morgan fingerprint density at radius 3 is 2.75 bits per heavy atom. The molecule has 1 heteroatoms. The minimum Gasteiger partial charge on any atom is -0.298 e. The second kappa shape index (κ2) is 4.57. The first-order valence-corrected chi connectivity index (χ1v) is 6.44. The predicted molar refractivity (Wildman–Crippen MR) is 67.2 cm³/mol. The van der Waals surface area contributed by atoms with Crippen molar-refractivity contribution in [1.82, 2.24) is 0 Å². The molecule has 2 aliphatic rings. The van der Waals surface area contributed by atoms with Crippen LogP contribution in [0, 0.1) is 11.3 Å². The lowest BCUT2D eigenvalue weighted by Gasteiger charge is -2.34. The minimum absolute atomic E-state index is 0.485. The average molecular weight is 218 g/mol. The fourth-order valence-electron chi connectivity index (χ4n) is 2.97. The molecule has 0 bridgehead atoms. The van der Waals surface area contributed by atoms with Crippen LogP contribution in [0.3, 0.4) is 0 Å². The van der Waals surface area contributed by atoms with Gasteiger partial charge < -0.3 is 0 Å². The van der Waals surface area contributed by atoms with E-state index >= 15 is 0 Å². The van der Waals surface area contributed by atoms with E-state index in [0.29, 0.717) is 11.3 Å². The maximum absolute atomic E-state index is 10.7. The van der Waals surface area contributed by atoms with Crippen LogP contribution in [0.2, 0.25) is 0 Å². The van der Waals surface area contributed by atoms with Crippen LogP contribution in [0.25, 0.3) is 0 Å². The van der Waals surface area contributed by atoms with Crippen molar-refractivity contribution in [2.24, 2.45) is 11.3 Å². The molecule has 0 heterocycles. The summed E-state index contributed by atoms with van der Waals surface area (Å²) in [6.07, 6.45) is 12.7. The van der Waals surface area contributed by atoms with Crippen molar-refractivity contribution >= 4 is 6.29 Å². The van der Waals surface area contributed by atoms with E-state index in [2.05, 4.69) is 26.0 Å². The number of carbonyl (C=O) groups excluding carboxylic acids is 1. The number of aldehydes is 1. The standard InChI is InChI=1S/C15H22O/c1-15(2)9-3-4-14(10-15)13-7-5-12(11-16)6-8-13/h4-5,11,13H,3,6-10H2,1-2H3. The van der Waals surface area contributed by atoms with Gasteiger partial charge in [0, 0.05) is 0 Å². The SMILES string of the molecule is CC1(C)CCC=C(C2CC=C(C=O)CC2)C1. The largest absolute Gasteiger partial charge is 0.298 e. The van der Waals surface area contributed by atoms with E-state index in [4.69, 9.17) is 0 Å². The van der Waals surface area contributed by atoms with Crippen LogP contribution in [0.1, 0.15) is 52.4 Å². The van der Waals surface area contributed by atoms with Crippen LogP contribution >= 0.6 is 0 Å². The average Bonchev–Trinajstić information content (AvgIpc) is 2.28. The lowest BCUT2D eigenvalue weighted by atomic mass is 9.71. The van der Waals surface area contributed by atoms with Gasteiger partial charge in [-0.3, -0.25) is 4.79 Å². The highest BCUT2D eigenvalue weighted by atomic mass is 16.1. The van der Waals surface area contributed by atoms with E-state index in [-0.39, 0.29) is 0 Å². The van der Waals surface area contributed by atoms with Crippen molar-refractivity contribution in [3.05, 3.63) is 23.3 Å². The third-order valence-corrected chi connectivity index (χ3v) is 4.03. The molecule has 0 aromatic rings. The lowest BCUT2D eigenvalue weighted by molar-refractivity contribution is -0.105. The first-order chi connectivity index (χ1) is 7.61. The lowest BCUT2D eigenvalue weighted by Crippen LogP contribution is -2.20. The zero-order valence-electron chi connectivity index (χ0n) is 10.5. The number of hydrogen-bond acceptors (Lipinski definition) is 1. The molecule has 2 rings (SSSR count). The Labute approximate surface area is 98.6 Å². The summed E-state index contributed by atoms with van der Waals surface area (Å²) < 4.78 is 0. The highest BCUT2D eigenvalue weighted by Crippen LogP contribution is 2.41. The molecular formula is C15H22O. The summed E-state index contributed by atoms with van der Waals surface area (Å²) in [6.45, 7) is 4.74. The first-order valence-electron chi connectivity index (χ1n) is 6.44. The summed E-state index contributed by atoms with van der Waals surface area (Å²) in [5.74, 6) is 0.711. The summed E-state index contributed by atoms with van der Waals surface area (Å²) in [6, 6.07) is 0. The number of rotatable bonds is 2. The van der Waals surface area contributed by atoms with Gasteiger partial charge in [0.1, 0.15) is 6.29 Å². The molecule has 1 atom stereocenters. The molecule has 0 saturated carbocycles. The Morgan fingerprint density at radius 1 is 1.38 bits per heavy atom. The van der Waals surface area contributed by atoms with Crippen LogP contribution in [0.5, 0.6) is 0 Å². The normalized spacial score (nSPS) is 29.2. The Kier molecular flexibility index (Phi) is 3.32. The summed E-state index contributed by atoms with van der Waals surface area (Å²) in [7, 11) is 0. The maximum Gasteiger partial charge on any atom is 0.145 e. The number of allylic oxidation sites excluding steroid dienone is 4. The third kappa shape index (κ3) is 2.63. The molecule has 0 radical (unpaired) electrons. The third-order valence-electron chi connectivity index (χ3n) is 4.03. The molecule has 88 valence electrons. The van der Waals surface area contributed by atoms with Crippen LogP contribution in [0.4, 0.5) is 0 Å². The predicted octanol–water partition coefficient (Wildman–Crippen LogP) is 4.05. The Morgan fingerprint density at radius 2 is 2.19 bits per heavy atom. The molecule has 0 aromatic carbocycles. The fraction of sp³-hybridized carbons (Fsp3) is 0.667. The van der Waals surface area contributed by atoms with Crippen molar-refractivity contribution in [2.45, 2.75) is 52.4 Å². The molecule has 0 saturated heterocycles. The Balaban J connectivity index is 2.02. The van der Waals surface area contributed by atoms with Crippen molar-refractivity contribution in [1.29, 1.82) is 0 Å². The van der Waals surface area contributed by atoms with Gasteiger partial charge in [-0.05, 0) is 55.4 Å². The molecule has 0 aliphatic heterocycles. The van der Waals surface area contributed by atoms with E-state index in [1.54, 1.807) is 5.57 Å². The summed E-state index contributed by atoms with van der Waals surface area (Å²) in [4.78, 5) is 10.7. The summed E-state index contributed by atoms with van der Waals surface area (Å²) >= 11 is 0. The molecular weight excluding hydrogens is 196 g/mol. The van der Waals surface area contributed by atoms with Gasteiger partial charge in [-0.1, -0.05) is 31.6 Å². The summed E-state index contributed by atoms with van der Waals surface area (Å²) in [5.41, 5.74) is 3.14. The van der Waals surface area contributed by atoms with Crippen molar-refractivity contribution in [3.8, 4) is 0 Å². The molecule has 0 fully saturated rings. The number of carbonyl (C=O) groups is 1. The van der Waals surface area contributed by atoms with Gasteiger partial charge >= 0.3 is 0 Å². The van der Waals surface area contributed by atoms with E-state index in [0.717, 1.165) is 24.7 Å². The highest BCUT2D eigenvalue weighted by Gasteiger charge is 2.27. The van der Waals surface area contributed by atoms with Crippen molar-refractivity contribution in [3.63, 3.8) is 0 Å². The minimum atomic E-state index is 0.485. The zero-order valence-corrected chi connectivity index (χ0v) is 10.5. The maximum atomic E-state index is 10.7. The monoisotopic (exact) mass is 218 g/mol. The van der Waals surface area contributed by atoms with Crippen LogP contribution in [-0.4, -0.2) is 6.29 Å². The quantitative estimate of drug-likeness (QED) is 0.505. The molecule has 0 N–H and O–H groups in total. The number of hydrogen-bond donors (Lipinski definition) is 0. The van der Waals surface area contributed by atoms with Crippen LogP contribution < -0.4 is 0 Å². The molecule has 1 nitrogen and oxygen atoms in total. The van der Waals surface area contributed by atoms with Crippen LogP contribution in [0.15, 0.2) is 23.3 Å². The fourth-order valence-corrected chi connectivity index (χ4v) is 2.97. The Hall–Kier alpha value is -0.850.